The SMILES string of the molecule is COCCOc1cc(C)ccc1COc1ccnn1-c1cc(C(=O)O)ccn1. The highest BCUT2D eigenvalue weighted by molar-refractivity contribution is 5.87. The Bertz CT molecular complexity index is 955. The molecule has 0 saturated carbocycles. The zero-order valence-corrected chi connectivity index (χ0v) is 15.7. The number of carboxylic acid groups (broad SMARTS) is 1. The summed E-state index contributed by atoms with van der Waals surface area (Å²) in [4.78, 5) is 15.4. The predicted molar refractivity (Wildman–Crippen MR) is 101 cm³/mol. The molecule has 0 saturated heterocycles. The molecule has 0 atom stereocenters. The number of benzene rings is 1. The van der Waals surface area contributed by atoms with Crippen LogP contribution < -0.4 is 9.47 Å². The fraction of sp³-hybridized carbons (Fsp3) is 0.250. The van der Waals surface area contributed by atoms with E-state index in [2.05, 4.69) is 10.1 Å². The van der Waals surface area contributed by atoms with Gasteiger partial charge in [-0.15, -0.1) is 0 Å². The zero-order chi connectivity index (χ0) is 19.9. The minimum absolute atomic E-state index is 0.124. The van der Waals surface area contributed by atoms with Gasteiger partial charge in [-0.05, 0) is 30.7 Å². The average molecular weight is 383 g/mol. The van der Waals surface area contributed by atoms with Crippen LogP contribution in [0.25, 0.3) is 5.82 Å². The van der Waals surface area contributed by atoms with Crippen LogP contribution in [-0.4, -0.2) is 46.2 Å². The van der Waals surface area contributed by atoms with Crippen LogP contribution in [0.4, 0.5) is 0 Å². The number of nitrogens with zero attached hydrogens (tertiary/aromatic N) is 3. The first-order valence-corrected chi connectivity index (χ1v) is 8.66. The van der Waals surface area contributed by atoms with E-state index in [1.165, 1.54) is 23.0 Å². The number of carbonyl (C=O) groups is 1. The third-order valence-corrected chi connectivity index (χ3v) is 3.96. The van der Waals surface area contributed by atoms with Gasteiger partial charge in [-0.25, -0.2) is 9.78 Å². The minimum Gasteiger partial charge on any atom is -0.491 e. The Morgan fingerprint density at radius 1 is 1.11 bits per heavy atom. The third-order valence-electron chi connectivity index (χ3n) is 3.96. The number of carboxylic acids is 1. The first-order valence-electron chi connectivity index (χ1n) is 8.66. The van der Waals surface area contributed by atoms with Crippen LogP contribution in [0, 0.1) is 6.92 Å². The molecule has 2 aromatic heterocycles. The molecule has 8 heteroatoms. The summed E-state index contributed by atoms with van der Waals surface area (Å²) in [6, 6.07) is 10.4. The molecular formula is C20H21N3O5. The summed E-state index contributed by atoms with van der Waals surface area (Å²) >= 11 is 0. The zero-order valence-electron chi connectivity index (χ0n) is 15.7. The standard InChI is InChI=1S/C20H21N3O5/c1-14-3-4-16(17(11-14)27-10-9-26-2)13-28-19-6-8-22-23(19)18-12-15(20(24)25)5-7-21-18/h3-8,11-12H,9-10,13H2,1-2H3,(H,24,25). The number of aryl methyl sites for hydroxylation is 1. The highest BCUT2D eigenvalue weighted by atomic mass is 16.5. The molecule has 3 rings (SSSR count). The molecule has 0 radical (unpaired) electrons. The summed E-state index contributed by atoms with van der Waals surface area (Å²) in [6.45, 7) is 3.18. The number of aromatic nitrogens is 3. The Kier molecular flexibility index (Phi) is 6.23. The van der Waals surface area contributed by atoms with Crippen molar-refractivity contribution in [3.05, 3.63) is 65.5 Å². The fourth-order valence-electron chi connectivity index (χ4n) is 2.54. The van der Waals surface area contributed by atoms with E-state index in [-0.39, 0.29) is 12.2 Å². The number of ether oxygens (including phenoxy) is 3. The second-order valence-electron chi connectivity index (χ2n) is 6.03. The first kappa shape index (κ1) is 19.4. The Hall–Kier alpha value is -3.39. The van der Waals surface area contributed by atoms with Gasteiger partial charge in [0.05, 0.1) is 18.4 Å². The van der Waals surface area contributed by atoms with Gasteiger partial charge in [0.25, 0.3) is 0 Å². The lowest BCUT2D eigenvalue weighted by atomic mass is 10.1. The molecule has 0 unspecified atom stereocenters. The van der Waals surface area contributed by atoms with Crippen LogP contribution >= 0.6 is 0 Å². The molecule has 0 amide bonds. The van der Waals surface area contributed by atoms with E-state index in [4.69, 9.17) is 19.3 Å². The smallest absolute Gasteiger partial charge is 0.335 e. The van der Waals surface area contributed by atoms with Crippen molar-refractivity contribution in [1.82, 2.24) is 14.8 Å². The third kappa shape index (κ3) is 4.66. The summed E-state index contributed by atoms with van der Waals surface area (Å²) < 4.78 is 18.2. The Labute approximate surface area is 162 Å². The quantitative estimate of drug-likeness (QED) is 0.568. The molecule has 0 bridgehead atoms. The molecular weight excluding hydrogens is 362 g/mol. The number of pyridine rings is 1. The molecule has 0 fully saturated rings. The number of hydrogen-bond donors (Lipinski definition) is 1. The Morgan fingerprint density at radius 2 is 1.96 bits per heavy atom. The maximum atomic E-state index is 11.2. The number of methoxy groups -OCH3 is 1. The molecule has 28 heavy (non-hydrogen) atoms. The first-order chi connectivity index (χ1) is 13.6. The highest BCUT2D eigenvalue weighted by Crippen LogP contribution is 2.23. The van der Waals surface area contributed by atoms with Crippen molar-refractivity contribution < 1.29 is 24.1 Å². The normalized spacial score (nSPS) is 10.6. The Morgan fingerprint density at radius 3 is 2.75 bits per heavy atom. The number of rotatable bonds is 9. The van der Waals surface area contributed by atoms with Crippen LogP contribution in [0.1, 0.15) is 21.5 Å². The molecule has 0 aliphatic carbocycles. The predicted octanol–water partition coefficient (Wildman–Crippen LogP) is 2.88. The van der Waals surface area contributed by atoms with E-state index in [1.807, 2.05) is 25.1 Å². The average Bonchev–Trinajstić information content (AvgIpc) is 3.16. The molecule has 1 aromatic carbocycles. The van der Waals surface area contributed by atoms with Gasteiger partial charge in [0, 0.05) is 24.9 Å². The van der Waals surface area contributed by atoms with Crippen molar-refractivity contribution in [3.63, 3.8) is 0 Å². The summed E-state index contributed by atoms with van der Waals surface area (Å²) in [5, 5.41) is 13.3. The molecule has 146 valence electrons. The summed E-state index contributed by atoms with van der Waals surface area (Å²) in [5.74, 6) is 0.503. The van der Waals surface area contributed by atoms with Gasteiger partial charge in [-0.1, -0.05) is 12.1 Å². The lowest BCUT2D eigenvalue weighted by Crippen LogP contribution is -2.09. The van der Waals surface area contributed by atoms with Crippen molar-refractivity contribution in [2.45, 2.75) is 13.5 Å². The van der Waals surface area contributed by atoms with Crippen LogP contribution in [-0.2, 0) is 11.3 Å². The van der Waals surface area contributed by atoms with E-state index in [1.54, 1.807) is 19.4 Å². The van der Waals surface area contributed by atoms with Crippen molar-refractivity contribution in [1.29, 1.82) is 0 Å². The van der Waals surface area contributed by atoms with E-state index in [0.717, 1.165) is 16.9 Å². The summed E-state index contributed by atoms with van der Waals surface area (Å²) in [5.41, 5.74) is 2.08. The van der Waals surface area contributed by atoms with Crippen molar-refractivity contribution in [2.24, 2.45) is 0 Å². The maximum absolute atomic E-state index is 11.2. The van der Waals surface area contributed by atoms with Crippen LogP contribution in [0.15, 0.2) is 48.8 Å². The lowest BCUT2D eigenvalue weighted by molar-refractivity contribution is 0.0696. The van der Waals surface area contributed by atoms with Crippen molar-refractivity contribution in [3.8, 4) is 17.4 Å². The van der Waals surface area contributed by atoms with Gasteiger partial charge in [0.1, 0.15) is 19.0 Å². The van der Waals surface area contributed by atoms with Crippen LogP contribution in [0.3, 0.4) is 0 Å². The highest BCUT2D eigenvalue weighted by Gasteiger charge is 2.12. The fourth-order valence-corrected chi connectivity index (χ4v) is 2.54. The van der Waals surface area contributed by atoms with E-state index in [9.17, 15) is 4.79 Å². The molecule has 2 heterocycles. The van der Waals surface area contributed by atoms with Gasteiger partial charge in [0.2, 0.25) is 5.88 Å². The monoisotopic (exact) mass is 383 g/mol. The summed E-state index contributed by atoms with van der Waals surface area (Å²) in [6.07, 6.45) is 2.99. The largest absolute Gasteiger partial charge is 0.491 e. The second kappa shape index (κ2) is 9.01. The summed E-state index contributed by atoms with van der Waals surface area (Å²) in [7, 11) is 1.62. The molecule has 0 aliphatic rings. The molecule has 3 aromatic rings. The van der Waals surface area contributed by atoms with Crippen molar-refractivity contribution >= 4 is 5.97 Å². The minimum atomic E-state index is -1.03. The Balaban J connectivity index is 1.77. The van der Waals surface area contributed by atoms with E-state index in [0.29, 0.717) is 24.9 Å². The van der Waals surface area contributed by atoms with Crippen LogP contribution in [0.2, 0.25) is 0 Å². The van der Waals surface area contributed by atoms with Gasteiger partial charge < -0.3 is 19.3 Å². The van der Waals surface area contributed by atoms with Crippen LogP contribution in [0.5, 0.6) is 11.6 Å². The lowest BCUT2D eigenvalue weighted by Gasteiger charge is -2.14. The van der Waals surface area contributed by atoms with E-state index >= 15 is 0 Å². The van der Waals surface area contributed by atoms with Gasteiger partial charge in [-0.3, -0.25) is 0 Å². The van der Waals surface area contributed by atoms with Gasteiger partial charge >= 0.3 is 5.97 Å². The van der Waals surface area contributed by atoms with E-state index < -0.39 is 5.97 Å². The molecule has 0 aliphatic heterocycles. The molecule has 8 nitrogen and oxygen atoms in total. The molecule has 0 spiro atoms. The number of aromatic carboxylic acids is 1. The van der Waals surface area contributed by atoms with Gasteiger partial charge in [0.15, 0.2) is 5.82 Å². The number of hydrogen-bond acceptors (Lipinski definition) is 6. The molecule has 1 N–H and O–H groups in total. The van der Waals surface area contributed by atoms with Gasteiger partial charge in [-0.2, -0.15) is 9.78 Å². The second-order valence-corrected chi connectivity index (χ2v) is 6.03. The maximum Gasteiger partial charge on any atom is 0.335 e. The topological polar surface area (TPSA) is 95.7 Å². The van der Waals surface area contributed by atoms with Crippen molar-refractivity contribution in [2.75, 3.05) is 20.3 Å².